The molecule has 3 aromatic carbocycles. The van der Waals surface area contributed by atoms with Gasteiger partial charge in [-0.2, -0.15) is 0 Å². The fraction of sp³-hybridized carbons (Fsp3) is 0.0435. The molecule has 3 heteroatoms. The molecular weight excluding hydrogens is 342 g/mol. The zero-order chi connectivity index (χ0) is 17.9. The maximum Gasteiger partial charge on any atom is 0.168 e. The highest BCUT2D eigenvalue weighted by molar-refractivity contribution is 6.31. The molecule has 1 heterocycles. The molecule has 1 aromatic heterocycles. The summed E-state index contributed by atoms with van der Waals surface area (Å²) in [7, 11) is 0. The lowest BCUT2D eigenvalue weighted by Crippen LogP contribution is -2.05. The minimum absolute atomic E-state index is 0.0606. The van der Waals surface area contributed by atoms with Gasteiger partial charge in [-0.3, -0.25) is 9.78 Å². The molecule has 0 fully saturated rings. The van der Waals surface area contributed by atoms with E-state index in [0.29, 0.717) is 10.6 Å². The van der Waals surface area contributed by atoms with Crippen LogP contribution in [-0.4, -0.2) is 10.8 Å². The van der Waals surface area contributed by atoms with Gasteiger partial charge in [-0.25, -0.2) is 0 Å². The summed E-state index contributed by atoms with van der Waals surface area (Å²) < 4.78 is 0. The van der Waals surface area contributed by atoms with Crippen molar-refractivity contribution in [3.05, 3.63) is 101 Å². The lowest BCUT2D eigenvalue weighted by molar-refractivity contribution is 0.0992. The summed E-state index contributed by atoms with van der Waals surface area (Å²) in [6.45, 7) is 0. The fourth-order valence-electron chi connectivity index (χ4n) is 3.09. The highest BCUT2D eigenvalue weighted by Crippen LogP contribution is 2.30. The molecule has 0 aliphatic rings. The van der Waals surface area contributed by atoms with Crippen molar-refractivity contribution in [3.63, 3.8) is 0 Å². The predicted molar refractivity (Wildman–Crippen MR) is 107 cm³/mol. The van der Waals surface area contributed by atoms with E-state index in [4.69, 9.17) is 11.6 Å². The van der Waals surface area contributed by atoms with Crippen LogP contribution < -0.4 is 0 Å². The van der Waals surface area contributed by atoms with Gasteiger partial charge in [0.1, 0.15) is 0 Å². The van der Waals surface area contributed by atoms with Crippen LogP contribution in [0.25, 0.3) is 22.0 Å². The van der Waals surface area contributed by atoms with Crippen LogP contribution in [0.2, 0.25) is 5.02 Å². The van der Waals surface area contributed by atoms with E-state index in [1.54, 1.807) is 0 Å². The molecule has 126 valence electrons. The molecule has 4 rings (SSSR count). The van der Waals surface area contributed by atoms with Crippen molar-refractivity contribution in [3.8, 4) is 11.1 Å². The van der Waals surface area contributed by atoms with Crippen molar-refractivity contribution in [2.24, 2.45) is 0 Å². The molecule has 0 bridgehead atoms. The Morgan fingerprint density at radius 3 is 2.27 bits per heavy atom. The third kappa shape index (κ3) is 3.37. The number of hydrogen-bond acceptors (Lipinski definition) is 2. The normalized spacial score (nSPS) is 10.8. The Bertz CT molecular complexity index is 1080. The van der Waals surface area contributed by atoms with E-state index in [9.17, 15) is 4.79 Å². The van der Waals surface area contributed by atoms with Crippen molar-refractivity contribution in [1.82, 2.24) is 4.98 Å². The molecule has 26 heavy (non-hydrogen) atoms. The van der Waals surface area contributed by atoms with E-state index >= 15 is 0 Å². The van der Waals surface area contributed by atoms with Gasteiger partial charge in [-0.15, -0.1) is 0 Å². The summed E-state index contributed by atoms with van der Waals surface area (Å²) in [6.07, 6.45) is 0.266. The monoisotopic (exact) mass is 357 g/mol. The lowest BCUT2D eigenvalue weighted by Gasteiger charge is -2.10. The third-order valence-electron chi connectivity index (χ3n) is 4.35. The lowest BCUT2D eigenvalue weighted by atomic mass is 9.98. The maximum atomic E-state index is 12.6. The van der Waals surface area contributed by atoms with Crippen LogP contribution in [0.4, 0.5) is 0 Å². The molecule has 0 saturated carbocycles. The van der Waals surface area contributed by atoms with Crippen molar-refractivity contribution < 1.29 is 4.79 Å². The molecule has 4 aromatic rings. The number of benzene rings is 3. The van der Waals surface area contributed by atoms with Gasteiger partial charge in [0.15, 0.2) is 5.78 Å². The van der Waals surface area contributed by atoms with Gasteiger partial charge in [0, 0.05) is 21.7 Å². The second-order valence-corrected chi connectivity index (χ2v) is 6.59. The van der Waals surface area contributed by atoms with Gasteiger partial charge in [0.25, 0.3) is 0 Å². The Morgan fingerprint density at radius 1 is 0.846 bits per heavy atom. The first-order valence-electron chi connectivity index (χ1n) is 8.43. The average molecular weight is 358 g/mol. The van der Waals surface area contributed by atoms with Gasteiger partial charge in [0.2, 0.25) is 0 Å². The smallest absolute Gasteiger partial charge is 0.168 e. The number of rotatable bonds is 4. The third-order valence-corrected chi connectivity index (χ3v) is 4.58. The molecule has 0 saturated heterocycles. The van der Waals surface area contributed by atoms with Gasteiger partial charge < -0.3 is 0 Å². The van der Waals surface area contributed by atoms with Crippen molar-refractivity contribution in [1.29, 1.82) is 0 Å². The largest absolute Gasteiger partial charge is 0.294 e. The van der Waals surface area contributed by atoms with E-state index in [1.165, 1.54) is 0 Å². The number of carbonyl (C=O) groups excluding carboxylic acids is 1. The maximum absolute atomic E-state index is 12.6. The zero-order valence-electron chi connectivity index (χ0n) is 14.0. The first-order valence-corrected chi connectivity index (χ1v) is 8.81. The van der Waals surface area contributed by atoms with E-state index in [1.807, 2.05) is 72.8 Å². The minimum Gasteiger partial charge on any atom is -0.294 e. The van der Waals surface area contributed by atoms with Crippen LogP contribution in [-0.2, 0) is 6.42 Å². The molecule has 0 atom stereocenters. The van der Waals surface area contributed by atoms with E-state index in [0.717, 1.165) is 27.7 Å². The molecule has 0 spiro atoms. The van der Waals surface area contributed by atoms with Crippen LogP contribution in [0.1, 0.15) is 16.1 Å². The zero-order valence-corrected chi connectivity index (χ0v) is 14.8. The first-order chi connectivity index (χ1) is 12.7. The van der Waals surface area contributed by atoms with Gasteiger partial charge in [0.05, 0.1) is 11.9 Å². The number of carbonyl (C=O) groups is 1. The summed E-state index contributed by atoms with van der Waals surface area (Å²) in [5, 5.41) is 1.66. The quantitative estimate of drug-likeness (QED) is 0.420. The van der Waals surface area contributed by atoms with Crippen LogP contribution in [0.3, 0.4) is 0 Å². The first kappa shape index (κ1) is 16.5. The number of hydrogen-bond donors (Lipinski definition) is 0. The molecule has 2 nitrogen and oxygen atoms in total. The number of Topliss-reactive ketones (excluding diaryl/α,β-unsaturated/α-hetero) is 1. The van der Waals surface area contributed by atoms with Crippen LogP contribution in [0.5, 0.6) is 0 Å². The minimum atomic E-state index is 0.0606. The van der Waals surface area contributed by atoms with Crippen molar-refractivity contribution in [2.75, 3.05) is 0 Å². The molecular formula is C23H16ClNO. The summed E-state index contributed by atoms with van der Waals surface area (Å²) in [6, 6.07) is 27.1. The topological polar surface area (TPSA) is 30.0 Å². The van der Waals surface area contributed by atoms with E-state index in [2.05, 4.69) is 17.1 Å². The SMILES string of the molecule is O=C(Cc1cc(-c2ccccc2)c2cc(Cl)ccc2n1)c1ccccc1. The predicted octanol–water partition coefficient (Wildman–Crippen LogP) is 5.98. The Kier molecular flexibility index (Phi) is 4.51. The molecule has 0 amide bonds. The number of aromatic nitrogens is 1. The van der Waals surface area contributed by atoms with E-state index < -0.39 is 0 Å². The Hall–Kier alpha value is -2.97. The average Bonchev–Trinajstić information content (AvgIpc) is 2.69. The Balaban J connectivity index is 1.81. The molecule has 0 N–H and O–H groups in total. The van der Waals surface area contributed by atoms with Gasteiger partial charge >= 0.3 is 0 Å². The van der Waals surface area contributed by atoms with Gasteiger partial charge in [-0.05, 0) is 35.4 Å². The number of ketones is 1. The summed E-state index contributed by atoms with van der Waals surface area (Å²) in [5.74, 6) is 0.0606. The number of nitrogens with zero attached hydrogens (tertiary/aromatic N) is 1. The van der Waals surface area contributed by atoms with Gasteiger partial charge in [-0.1, -0.05) is 72.3 Å². The second-order valence-electron chi connectivity index (χ2n) is 6.15. The molecule has 0 aliphatic heterocycles. The number of halogens is 1. The van der Waals surface area contributed by atoms with Crippen LogP contribution >= 0.6 is 11.6 Å². The Morgan fingerprint density at radius 2 is 1.54 bits per heavy atom. The summed E-state index contributed by atoms with van der Waals surface area (Å²) in [4.78, 5) is 17.3. The standard InChI is InChI=1S/C23H16ClNO/c24-18-11-12-22-21(13-18)20(16-7-3-1-4-8-16)14-19(25-22)15-23(26)17-9-5-2-6-10-17/h1-14H,15H2. The Labute approximate surface area is 157 Å². The highest BCUT2D eigenvalue weighted by Gasteiger charge is 2.12. The number of pyridine rings is 1. The molecule has 0 radical (unpaired) electrons. The van der Waals surface area contributed by atoms with Crippen LogP contribution in [0, 0.1) is 0 Å². The molecule has 0 aliphatic carbocycles. The summed E-state index contributed by atoms with van der Waals surface area (Å²) in [5.41, 5.74) is 4.41. The van der Waals surface area contributed by atoms with Crippen molar-refractivity contribution >= 4 is 28.3 Å². The van der Waals surface area contributed by atoms with E-state index in [-0.39, 0.29) is 12.2 Å². The second kappa shape index (κ2) is 7.11. The molecule has 0 unspecified atom stereocenters. The highest BCUT2D eigenvalue weighted by atomic mass is 35.5. The summed E-state index contributed by atoms with van der Waals surface area (Å²) >= 11 is 6.20. The number of fused-ring (bicyclic) bond motifs is 1. The van der Waals surface area contributed by atoms with Crippen molar-refractivity contribution in [2.45, 2.75) is 6.42 Å². The van der Waals surface area contributed by atoms with Crippen LogP contribution in [0.15, 0.2) is 84.9 Å². The fourth-order valence-corrected chi connectivity index (χ4v) is 3.26.